The van der Waals surface area contributed by atoms with E-state index in [1.807, 2.05) is 49.4 Å². The molecule has 0 saturated carbocycles. The number of amides is 4. The number of benzene rings is 2. The number of hydrogen-bond donors (Lipinski definition) is 2. The molecule has 4 rings (SSSR count). The molecule has 0 radical (unpaired) electrons. The van der Waals surface area contributed by atoms with Gasteiger partial charge in [-0.2, -0.15) is 0 Å². The highest BCUT2D eigenvalue weighted by molar-refractivity contribution is 6.09. The van der Waals surface area contributed by atoms with Crippen molar-refractivity contribution in [1.29, 1.82) is 0 Å². The standard InChI is InChI=1S/C24H27N3O3/c1-17(13-14-18-8-3-2-4-9-18)25-21(28)16-27-22(29)24(26-23(27)30)15-7-11-19-10-5-6-12-20(19)24/h2-6,8-10,12,17H,7,11,13-16H2,1H3,(H,25,28)(H,26,30)/t17-,24+/m1/s1. The zero-order valence-electron chi connectivity index (χ0n) is 17.2. The average molecular weight is 405 g/mol. The molecule has 2 aromatic carbocycles. The Balaban J connectivity index is 1.39. The van der Waals surface area contributed by atoms with Crippen LogP contribution in [0.1, 0.15) is 42.9 Å². The van der Waals surface area contributed by atoms with Gasteiger partial charge in [-0.1, -0.05) is 54.6 Å². The Kier molecular flexibility index (Phi) is 5.57. The predicted molar refractivity (Wildman–Crippen MR) is 114 cm³/mol. The van der Waals surface area contributed by atoms with E-state index in [4.69, 9.17) is 0 Å². The summed E-state index contributed by atoms with van der Waals surface area (Å²) >= 11 is 0. The molecule has 156 valence electrons. The first-order valence-electron chi connectivity index (χ1n) is 10.6. The van der Waals surface area contributed by atoms with Crippen LogP contribution < -0.4 is 10.6 Å². The molecule has 2 aromatic rings. The van der Waals surface area contributed by atoms with Crippen molar-refractivity contribution in [3.05, 3.63) is 71.3 Å². The lowest BCUT2D eigenvalue weighted by atomic mass is 9.76. The van der Waals surface area contributed by atoms with Gasteiger partial charge in [-0.15, -0.1) is 0 Å². The largest absolute Gasteiger partial charge is 0.352 e. The van der Waals surface area contributed by atoms with Crippen LogP contribution in [0.25, 0.3) is 0 Å². The van der Waals surface area contributed by atoms with Crippen molar-refractivity contribution in [2.45, 2.75) is 50.6 Å². The van der Waals surface area contributed by atoms with Crippen molar-refractivity contribution < 1.29 is 14.4 Å². The second-order valence-corrected chi connectivity index (χ2v) is 8.23. The molecule has 0 aromatic heterocycles. The van der Waals surface area contributed by atoms with Crippen molar-refractivity contribution >= 4 is 17.8 Å². The molecule has 1 heterocycles. The topological polar surface area (TPSA) is 78.5 Å². The van der Waals surface area contributed by atoms with Crippen molar-refractivity contribution in [3.63, 3.8) is 0 Å². The Morgan fingerprint density at radius 1 is 1.13 bits per heavy atom. The molecule has 1 fully saturated rings. The highest BCUT2D eigenvalue weighted by atomic mass is 16.2. The summed E-state index contributed by atoms with van der Waals surface area (Å²) in [4.78, 5) is 39.5. The first-order valence-corrected chi connectivity index (χ1v) is 10.6. The molecule has 1 aliphatic carbocycles. The van der Waals surface area contributed by atoms with E-state index in [1.54, 1.807) is 0 Å². The van der Waals surface area contributed by atoms with E-state index in [0.29, 0.717) is 6.42 Å². The maximum absolute atomic E-state index is 13.3. The summed E-state index contributed by atoms with van der Waals surface area (Å²) in [7, 11) is 0. The minimum Gasteiger partial charge on any atom is -0.352 e. The Hall–Kier alpha value is -3.15. The van der Waals surface area contributed by atoms with Gasteiger partial charge in [0, 0.05) is 6.04 Å². The maximum Gasteiger partial charge on any atom is 0.325 e. The lowest BCUT2D eigenvalue weighted by Gasteiger charge is -2.33. The minimum absolute atomic E-state index is 0.0529. The second kappa shape index (κ2) is 8.30. The molecule has 6 nitrogen and oxygen atoms in total. The second-order valence-electron chi connectivity index (χ2n) is 8.23. The molecule has 2 N–H and O–H groups in total. The molecule has 30 heavy (non-hydrogen) atoms. The number of rotatable bonds is 6. The Labute approximate surface area is 176 Å². The molecule has 1 aliphatic heterocycles. The SMILES string of the molecule is C[C@H](CCc1ccccc1)NC(=O)CN1C(=O)N[C@]2(CCCc3ccccc32)C1=O. The third kappa shape index (κ3) is 3.82. The number of nitrogens with zero attached hydrogens (tertiary/aromatic N) is 1. The van der Waals surface area contributed by atoms with Gasteiger partial charge in [0.2, 0.25) is 5.91 Å². The van der Waals surface area contributed by atoms with Crippen molar-refractivity contribution in [1.82, 2.24) is 15.5 Å². The molecule has 1 saturated heterocycles. The van der Waals surface area contributed by atoms with E-state index in [-0.39, 0.29) is 24.4 Å². The summed E-state index contributed by atoms with van der Waals surface area (Å²) in [6.07, 6.45) is 3.90. The molecule has 4 amide bonds. The Morgan fingerprint density at radius 2 is 1.87 bits per heavy atom. The normalized spacial score (nSPS) is 21.3. The number of fused-ring (bicyclic) bond motifs is 2. The van der Waals surface area contributed by atoms with E-state index in [2.05, 4.69) is 22.8 Å². The van der Waals surface area contributed by atoms with E-state index in [0.717, 1.165) is 41.7 Å². The number of carbonyl (C=O) groups is 3. The fourth-order valence-electron chi connectivity index (χ4n) is 4.52. The summed E-state index contributed by atoms with van der Waals surface area (Å²) in [5.74, 6) is -0.646. The van der Waals surface area contributed by atoms with Gasteiger partial charge in [-0.05, 0) is 55.7 Å². The number of aryl methyl sites for hydroxylation is 2. The van der Waals surface area contributed by atoms with Gasteiger partial charge in [0.1, 0.15) is 12.1 Å². The molecule has 1 spiro atoms. The maximum atomic E-state index is 13.3. The summed E-state index contributed by atoms with van der Waals surface area (Å²) in [5, 5.41) is 5.80. The van der Waals surface area contributed by atoms with Crippen molar-refractivity contribution in [3.8, 4) is 0 Å². The number of hydrogen-bond acceptors (Lipinski definition) is 3. The smallest absolute Gasteiger partial charge is 0.325 e. The van der Waals surface area contributed by atoms with Gasteiger partial charge >= 0.3 is 6.03 Å². The molecule has 2 aliphatic rings. The molecule has 0 unspecified atom stereocenters. The summed E-state index contributed by atoms with van der Waals surface area (Å²) in [6.45, 7) is 1.68. The van der Waals surface area contributed by atoms with Crippen LogP contribution in [0.4, 0.5) is 4.79 Å². The van der Waals surface area contributed by atoms with Crippen LogP contribution in [0.3, 0.4) is 0 Å². The summed E-state index contributed by atoms with van der Waals surface area (Å²) < 4.78 is 0. The lowest BCUT2D eigenvalue weighted by Crippen LogP contribution is -2.47. The number of nitrogens with one attached hydrogen (secondary N) is 2. The van der Waals surface area contributed by atoms with Crippen molar-refractivity contribution in [2.24, 2.45) is 0 Å². The fourth-order valence-corrected chi connectivity index (χ4v) is 4.52. The quantitative estimate of drug-likeness (QED) is 0.726. The van der Waals surface area contributed by atoms with E-state index < -0.39 is 11.6 Å². The highest BCUT2D eigenvalue weighted by Crippen LogP contribution is 2.39. The van der Waals surface area contributed by atoms with Crippen LogP contribution in [0, 0.1) is 0 Å². The van der Waals surface area contributed by atoms with Gasteiger partial charge in [0.25, 0.3) is 5.91 Å². The van der Waals surface area contributed by atoms with Crippen LogP contribution in [0.5, 0.6) is 0 Å². The van der Waals surface area contributed by atoms with E-state index in [1.165, 1.54) is 5.56 Å². The van der Waals surface area contributed by atoms with Crippen LogP contribution in [0.15, 0.2) is 54.6 Å². The average Bonchev–Trinajstić information content (AvgIpc) is 2.98. The lowest BCUT2D eigenvalue weighted by molar-refractivity contribution is -0.135. The van der Waals surface area contributed by atoms with Gasteiger partial charge in [0.05, 0.1) is 0 Å². The van der Waals surface area contributed by atoms with E-state index >= 15 is 0 Å². The van der Waals surface area contributed by atoms with Crippen LogP contribution in [0.2, 0.25) is 0 Å². The molecule has 6 heteroatoms. The Morgan fingerprint density at radius 3 is 2.67 bits per heavy atom. The van der Waals surface area contributed by atoms with Crippen LogP contribution in [-0.4, -0.2) is 35.3 Å². The van der Waals surface area contributed by atoms with E-state index in [9.17, 15) is 14.4 Å². The zero-order valence-corrected chi connectivity index (χ0v) is 17.2. The monoisotopic (exact) mass is 405 g/mol. The third-order valence-electron chi connectivity index (χ3n) is 6.07. The number of urea groups is 1. The Bertz CT molecular complexity index is 959. The number of carbonyl (C=O) groups excluding carboxylic acids is 3. The molecular formula is C24H27N3O3. The highest BCUT2D eigenvalue weighted by Gasteiger charge is 2.54. The van der Waals surface area contributed by atoms with Gasteiger partial charge in [0.15, 0.2) is 0 Å². The molecule has 2 atom stereocenters. The van der Waals surface area contributed by atoms with Gasteiger partial charge in [-0.3, -0.25) is 14.5 Å². The van der Waals surface area contributed by atoms with Crippen LogP contribution >= 0.6 is 0 Å². The predicted octanol–water partition coefficient (Wildman–Crippen LogP) is 2.91. The number of imide groups is 1. The van der Waals surface area contributed by atoms with Gasteiger partial charge < -0.3 is 10.6 Å². The fraction of sp³-hybridized carbons (Fsp3) is 0.375. The molecule has 0 bridgehead atoms. The third-order valence-corrected chi connectivity index (χ3v) is 6.07. The first kappa shape index (κ1) is 20.1. The minimum atomic E-state index is -1.04. The van der Waals surface area contributed by atoms with Crippen LogP contribution in [-0.2, 0) is 28.0 Å². The van der Waals surface area contributed by atoms with Crippen molar-refractivity contribution in [2.75, 3.05) is 6.54 Å². The molecular weight excluding hydrogens is 378 g/mol. The summed E-state index contributed by atoms with van der Waals surface area (Å²) in [6, 6.07) is 17.3. The summed E-state index contributed by atoms with van der Waals surface area (Å²) in [5.41, 5.74) is 2.11. The first-order chi connectivity index (χ1) is 14.5. The van der Waals surface area contributed by atoms with Gasteiger partial charge in [-0.25, -0.2) is 4.79 Å². The zero-order chi connectivity index (χ0) is 21.1.